The number of allylic oxidation sites excluding steroid dienone is 1. The molecule has 1 rings (SSSR count). The largest absolute Gasteiger partial charge is 0.508 e. The van der Waals surface area contributed by atoms with Crippen LogP contribution in [0.15, 0.2) is 36.5 Å². The van der Waals surface area contributed by atoms with E-state index < -0.39 is 0 Å². The first kappa shape index (κ1) is 9.32. The number of hydrogen-bond acceptors (Lipinski definition) is 3. The monoisotopic (exact) mass is 176 g/mol. The second-order valence-corrected chi connectivity index (χ2v) is 2.58. The van der Waals surface area contributed by atoms with Crippen LogP contribution < -0.4 is 5.32 Å². The fourth-order valence-corrected chi connectivity index (χ4v) is 0.904. The lowest BCUT2D eigenvalue weighted by Gasteiger charge is -1.98. The zero-order valence-electron chi connectivity index (χ0n) is 7.41. The summed E-state index contributed by atoms with van der Waals surface area (Å²) in [5, 5.41) is 19.4. The Kier molecular flexibility index (Phi) is 3.09. The van der Waals surface area contributed by atoms with Crippen molar-refractivity contribution < 1.29 is 5.11 Å². The molecule has 0 heterocycles. The Balaban J connectivity index is 2.78. The Bertz CT molecular complexity index is 314. The van der Waals surface area contributed by atoms with E-state index in [1.165, 1.54) is 0 Å². The first-order chi connectivity index (χ1) is 6.24. The SMILES string of the molecule is CN/C=C\C(=N)c1ccc(O)cc1. The summed E-state index contributed by atoms with van der Waals surface area (Å²) >= 11 is 0. The molecule has 0 radical (unpaired) electrons. The van der Waals surface area contributed by atoms with Gasteiger partial charge in [-0.25, -0.2) is 0 Å². The number of rotatable bonds is 3. The predicted molar refractivity (Wildman–Crippen MR) is 53.1 cm³/mol. The lowest BCUT2D eigenvalue weighted by molar-refractivity contribution is 0.475. The lowest BCUT2D eigenvalue weighted by atomic mass is 10.1. The Morgan fingerprint density at radius 3 is 2.54 bits per heavy atom. The molecule has 0 fully saturated rings. The van der Waals surface area contributed by atoms with Crippen LogP contribution >= 0.6 is 0 Å². The van der Waals surface area contributed by atoms with E-state index in [2.05, 4.69) is 5.32 Å². The highest BCUT2D eigenvalue weighted by Crippen LogP contribution is 2.10. The van der Waals surface area contributed by atoms with Gasteiger partial charge in [-0.3, -0.25) is 0 Å². The second kappa shape index (κ2) is 4.30. The molecule has 0 saturated carbocycles. The van der Waals surface area contributed by atoms with Gasteiger partial charge < -0.3 is 15.8 Å². The van der Waals surface area contributed by atoms with E-state index in [0.29, 0.717) is 5.71 Å². The van der Waals surface area contributed by atoms with Crippen molar-refractivity contribution in [3.05, 3.63) is 42.1 Å². The highest BCUT2D eigenvalue weighted by atomic mass is 16.3. The first-order valence-corrected chi connectivity index (χ1v) is 3.96. The van der Waals surface area contributed by atoms with Gasteiger partial charge in [-0.05, 0) is 42.1 Å². The summed E-state index contributed by atoms with van der Waals surface area (Å²) in [6, 6.07) is 6.55. The van der Waals surface area contributed by atoms with Crippen LogP contribution in [0.3, 0.4) is 0 Å². The summed E-state index contributed by atoms with van der Waals surface area (Å²) < 4.78 is 0. The van der Waals surface area contributed by atoms with Crippen LogP contribution in [-0.4, -0.2) is 17.9 Å². The third-order valence-corrected chi connectivity index (χ3v) is 1.59. The van der Waals surface area contributed by atoms with E-state index in [9.17, 15) is 0 Å². The molecule has 0 amide bonds. The van der Waals surface area contributed by atoms with E-state index >= 15 is 0 Å². The maximum absolute atomic E-state index is 9.01. The molecule has 3 N–H and O–H groups in total. The molecule has 0 spiro atoms. The van der Waals surface area contributed by atoms with Crippen molar-refractivity contribution in [3.63, 3.8) is 0 Å². The number of hydrogen-bond donors (Lipinski definition) is 3. The Hall–Kier alpha value is -1.77. The van der Waals surface area contributed by atoms with Crippen molar-refractivity contribution in [2.24, 2.45) is 0 Å². The molecule has 3 heteroatoms. The highest BCUT2D eigenvalue weighted by Gasteiger charge is 1.95. The fourth-order valence-electron chi connectivity index (χ4n) is 0.904. The van der Waals surface area contributed by atoms with Gasteiger partial charge in [0, 0.05) is 7.05 Å². The van der Waals surface area contributed by atoms with Crippen LogP contribution in [0.1, 0.15) is 5.56 Å². The average molecular weight is 176 g/mol. The van der Waals surface area contributed by atoms with E-state index in [1.807, 2.05) is 0 Å². The highest BCUT2D eigenvalue weighted by molar-refractivity contribution is 6.06. The molecule has 0 unspecified atom stereocenters. The molecule has 1 aromatic carbocycles. The topological polar surface area (TPSA) is 56.1 Å². The summed E-state index contributed by atoms with van der Waals surface area (Å²) in [5.41, 5.74) is 1.19. The zero-order valence-corrected chi connectivity index (χ0v) is 7.41. The minimum atomic E-state index is 0.217. The van der Waals surface area contributed by atoms with Crippen LogP contribution in [-0.2, 0) is 0 Å². The van der Waals surface area contributed by atoms with Gasteiger partial charge in [-0.2, -0.15) is 0 Å². The molecule has 0 atom stereocenters. The number of phenolic OH excluding ortho intramolecular Hbond substituents is 1. The number of nitrogens with one attached hydrogen (secondary N) is 2. The smallest absolute Gasteiger partial charge is 0.115 e. The van der Waals surface area contributed by atoms with Gasteiger partial charge in [-0.15, -0.1) is 0 Å². The number of phenols is 1. The predicted octanol–water partition coefficient (Wildman–Crippen LogP) is 1.49. The maximum Gasteiger partial charge on any atom is 0.115 e. The molecule has 0 aromatic heterocycles. The molecule has 1 aromatic rings. The van der Waals surface area contributed by atoms with Gasteiger partial charge in [0.25, 0.3) is 0 Å². The van der Waals surface area contributed by atoms with Crippen molar-refractivity contribution in [1.29, 1.82) is 5.41 Å². The first-order valence-electron chi connectivity index (χ1n) is 3.96. The summed E-state index contributed by atoms with van der Waals surface area (Å²) in [6.45, 7) is 0. The van der Waals surface area contributed by atoms with E-state index in [0.717, 1.165) is 5.56 Å². The van der Waals surface area contributed by atoms with Gasteiger partial charge in [0.15, 0.2) is 0 Å². The molecule has 13 heavy (non-hydrogen) atoms. The summed E-state index contributed by atoms with van der Waals surface area (Å²) in [7, 11) is 1.78. The molecule has 0 saturated heterocycles. The third-order valence-electron chi connectivity index (χ3n) is 1.59. The molecule has 0 aliphatic heterocycles. The number of benzene rings is 1. The Morgan fingerprint density at radius 1 is 1.38 bits per heavy atom. The number of aromatic hydroxyl groups is 1. The molecule has 68 valence electrons. The van der Waals surface area contributed by atoms with Gasteiger partial charge in [0.1, 0.15) is 5.75 Å². The van der Waals surface area contributed by atoms with Gasteiger partial charge >= 0.3 is 0 Å². The van der Waals surface area contributed by atoms with Crippen molar-refractivity contribution in [1.82, 2.24) is 5.32 Å². The lowest BCUT2D eigenvalue weighted by Crippen LogP contribution is -1.98. The quantitative estimate of drug-likeness (QED) is 0.611. The van der Waals surface area contributed by atoms with Crippen LogP contribution in [0.5, 0.6) is 5.75 Å². The van der Waals surface area contributed by atoms with Crippen LogP contribution in [0.4, 0.5) is 0 Å². The Labute approximate surface area is 77.2 Å². The van der Waals surface area contributed by atoms with Crippen LogP contribution in [0.2, 0.25) is 0 Å². The van der Waals surface area contributed by atoms with Crippen molar-refractivity contribution >= 4 is 5.71 Å². The summed E-state index contributed by atoms with van der Waals surface area (Å²) in [5.74, 6) is 0.217. The standard InChI is InChI=1S/C10H12N2O/c1-12-7-6-10(11)8-2-4-9(13)5-3-8/h2-7,11-13H,1H3/b7-6-,11-10?. The van der Waals surface area contributed by atoms with Crippen molar-refractivity contribution in [3.8, 4) is 5.75 Å². The summed E-state index contributed by atoms with van der Waals surface area (Å²) in [4.78, 5) is 0. The van der Waals surface area contributed by atoms with E-state index in [1.54, 1.807) is 43.6 Å². The Morgan fingerprint density at radius 2 is 2.00 bits per heavy atom. The molecular weight excluding hydrogens is 164 g/mol. The summed E-state index contributed by atoms with van der Waals surface area (Å²) in [6.07, 6.45) is 3.35. The van der Waals surface area contributed by atoms with Gasteiger partial charge in [0.2, 0.25) is 0 Å². The van der Waals surface area contributed by atoms with Gasteiger partial charge in [0.05, 0.1) is 5.71 Å². The van der Waals surface area contributed by atoms with Crippen LogP contribution in [0, 0.1) is 5.41 Å². The zero-order chi connectivity index (χ0) is 9.68. The average Bonchev–Trinajstić information content (AvgIpc) is 2.15. The van der Waals surface area contributed by atoms with E-state index in [4.69, 9.17) is 10.5 Å². The van der Waals surface area contributed by atoms with E-state index in [-0.39, 0.29) is 5.75 Å². The fraction of sp³-hybridized carbons (Fsp3) is 0.100. The maximum atomic E-state index is 9.01. The molecular formula is C10H12N2O. The second-order valence-electron chi connectivity index (χ2n) is 2.58. The van der Waals surface area contributed by atoms with Gasteiger partial charge in [-0.1, -0.05) is 0 Å². The molecule has 0 aliphatic rings. The van der Waals surface area contributed by atoms with Crippen LogP contribution in [0.25, 0.3) is 0 Å². The minimum absolute atomic E-state index is 0.217. The third kappa shape index (κ3) is 2.63. The normalized spacial score (nSPS) is 10.2. The molecule has 3 nitrogen and oxygen atoms in total. The molecule has 0 aliphatic carbocycles. The van der Waals surface area contributed by atoms with Crippen molar-refractivity contribution in [2.75, 3.05) is 7.05 Å². The minimum Gasteiger partial charge on any atom is -0.508 e. The molecule has 0 bridgehead atoms. The van der Waals surface area contributed by atoms with Crippen molar-refractivity contribution in [2.45, 2.75) is 0 Å².